The van der Waals surface area contributed by atoms with Crippen LogP contribution in [0.25, 0.3) is 11.2 Å². The Morgan fingerprint density at radius 2 is 2.39 bits per heavy atom. The number of nitrogens with zero attached hydrogens (tertiary/aromatic N) is 4. The number of rotatable bonds is 5. The van der Waals surface area contributed by atoms with E-state index in [1.165, 1.54) is 0 Å². The molecule has 3 rings (SSSR count). The Labute approximate surface area is 135 Å². The normalized spacial score (nSPS) is 18.3. The maximum Gasteiger partial charge on any atom is 0.317 e. The Kier molecular flexibility index (Phi) is 5.07. The van der Waals surface area contributed by atoms with Crippen molar-refractivity contribution in [1.29, 1.82) is 0 Å². The molecule has 2 aromatic heterocycles. The molecule has 23 heavy (non-hydrogen) atoms. The monoisotopic (exact) mass is 317 g/mol. The maximum atomic E-state index is 12.2. The molecule has 1 saturated heterocycles. The lowest BCUT2D eigenvalue weighted by Gasteiger charge is -2.33. The van der Waals surface area contributed by atoms with E-state index >= 15 is 0 Å². The summed E-state index contributed by atoms with van der Waals surface area (Å²) in [5.74, 6) is 0.427. The predicted octanol–water partition coefficient (Wildman–Crippen LogP) is 1.50. The zero-order chi connectivity index (χ0) is 16.1. The SMILES string of the molecule is COCCNC(=O)N1CCCC(Cn2cnc3cccnc32)C1. The molecular weight excluding hydrogens is 294 g/mol. The fraction of sp³-hybridized carbons (Fsp3) is 0.562. The number of methoxy groups -OCH3 is 1. The number of pyridine rings is 1. The van der Waals surface area contributed by atoms with E-state index < -0.39 is 0 Å². The van der Waals surface area contributed by atoms with Gasteiger partial charge in [-0.3, -0.25) is 0 Å². The van der Waals surface area contributed by atoms with Crippen LogP contribution in [-0.4, -0.2) is 58.8 Å². The topological polar surface area (TPSA) is 72.3 Å². The van der Waals surface area contributed by atoms with Crippen molar-refractivity contribution in [3.8, 4) is 0 Å². The maximum absolute atomic E-state index is 12.2. The number of likely N-dealkylation sites (tertiary alicyclic amines) is 1. The highest BCUT2D eigenvalue weighted by atomic mass is 16.5. The molecule has 1 aliphatic heterocycles. The molecule has 1 fully saturated rings. The largest absolute Gasteiger partial charge is 0.383 e. The van der Waals surface area contributed by atoms with Crippen LogP contribution in [0.3, 0.4) is 0 Å². The molecule has 3 heterocycles. The van der Waals surface area contributed by atoms with E-state index in [9.17, 15) is 4.79 Å². The zero-order valence-electron chi connectivity index (χ0n) is 13.4. The minimum Gasteiger partial charge on any atom is -0.383 e. The summed E-state index contributed by atoms with van der Waals surface area (Å²) < 4.78 is 7.05. The number of nitrogens with one attached hydrogen (secondary N) is 1. The quantitative estimate of drug-likeness (QED) is 0.848. The van der Waals surface area contributed by atoms with Crippen LogP contribution >= 0.6 is 0 Å². The third kappa shape index (κ3) is 3.79. The average Bonchev–Trinajstić information content (AvgIpc) is 2.98. The summed E-state index contributed by atoms with van der Waals surface area (Å²) in [6.45, 7) is 3.52. The summed E-state index contributed by atoms with van der Waals surface area (Å²) in [5.41, 5.74) is 1.83. The van der Waals surface area contributed by atoms with Gasteiger partial charge in [0.25, 0.3) is 0 Å². The van der Waals surface area contributed by atoms with Crippen molar-refractivity contribution in [3.05, 3.63) is 24.7 Å². The van der Waals surface area contributed by atoms with Gasteiger partial charge in [-0.05, 0) is 30.9 Å². The molecule has 7 heteroatoms. The number of carbonyl (C=O) groups excluding carboxylic acids is 1. The molecule has 0 radical (unpaired) electrons. The minimum atomic E-state index is 0.000337. The molecule has 1 unspecified atom stereocenters. The van der Waals surface area contributed by atoms with Crippen LogP contribution in [0.5, 0.6) is 0 Å². The van der Waals surface area contributed by atoms with E-state index in [-0.39, 0.29) is 6.03 Å². The summed E-state index contributed by atoms with van der Waals surface area (Å²) in [6.07, 6.45) is 5.78. The van der Waals surface area contributed by atoms with Gasteiger partial charge in [-0.25, -0.2) is 14.8 Å². The third-order valence-electron chi connectivity index (χ3n) is 4.22. The number of imidazole rings is 1. The lowest BCUT2D eigenvalue weighted by molar-refractivity contribution is 0.153. The van der Waals surface area contributed by atoms with Gasteiger partial charge in [-0.2, -0.15) is 0 Å². The Morgan fingerprint density at radius 1 is 1.48 bits per heavy atom. The highest BCUT2D eigenvalue weighted by Gasteiger charge is 2.24. The van der Waals surface area contributed by atoms with Crippen molar-refractivity contribution in [2.24, 2.45) is 5.92 Å². The summed E-state index contributed by atoms with van der Waals surface area (Å²) in [5, 5.41) is 2.89. The van der Waals surface area contributed by atoms with Gasteiger partial charge in [0, 0.05) is 39.5 Å². The number of hydrogen-bond donors (Lipinski definition) is 1. The molecule has 1 N–H and O–H groups in total. The summed E-state index contributed by atoms with van der Waals surface area (Å²) >= 11 is 0. The van der Waals surface area contributed by atoms with Crippen molar-refractivity contribution in [2.75, 3.05) is 33.4 Å². The van der Waals surface area contributed by atoms with E-state index in [4.69, 9.17) is 4.74 Å². The number of aromatic nitrogens is 3. The summed E-state index contributed by atoms with van der Waals surface area (Å²) in [7, 11) is 1.63. The fourth-order valence-electron chi connectivity index (χ4n) is 3.08. The molecule has 2 aromatic rings. The molecule has 0 spiro atoms. The molecule has 2 amide bonds. The van der Waals surface area contributed by atoms with Crippen molar-refractivity contribution in [3.63, 3.8) is 0 Å². The van der Waals surface area contributed by atoms with Gasteiger partial charge < -0.3 is 19.5 Å². The first-order chi connectivity index (χ1) is 11.3. The fourth-order valence-corrected chi connectivity index (χ4v) is 3.08. The molecule has 7 nitrogen and oxygen atoms in total. The minimum absolute atomic E-state index is 0.000337. The highest BCUT2D eigenvalue weighted by molar-refractivity contribution is 5.74. The van der Waals surface area contributed by atoms with Gasteiger partial charge in [-0.15, -0.1) is 0 Å². The van der Waals surface area contributed by atoms with Crippen molar-refractivity contribution >= 4 is 17.2 Å². The standard InChI is InChI=1S/C16H23N5O2/c1-23-9-7-18-16(22)20-8-3-4-13(10-20)11-21-12-19-14-5-2-6-17-15(14)21/h2,5-6,12-13H,3-4,7-11H2,1H3,(H,18,22). The number of urea groups is 1. The van der Waals surface area contributed by atoms with E-state index in [1.54, 1.807) is 13.3 Å². The molecule has 0 aliphatic carbocycles. The van der Waals surface area contributed by atoms with Crippen LogP contribution in [0.1, 0.15) is 12.8 Å². The first-order valence-corrected chi connectivity index (χ1v) is 8.05. The predicted molar refractivity (Wildman–Crippen MR) is 87.1 cm³/mol. The van der Waals surface area contributed by atoms with Crippen molar-refractivity contribution in [2.45, 2.75) is 19.4 Å². The smallest absolute Gasteiger partial charge is 0.317 e. The third-order valence-corrected chi connectivity index (χ3v) is 4.22. The van der Waals surface area contributed by atoms with E-state index in [1.807, 2.05) is 23.4 Å². The number of amides is 2. The number of ether oxygens (including phenoxy) is 1. The van der Waals surface area contributed by atoms with Crippen LogP contribution in [0.2, 0.25) is 0 Å². The summed E-state index contributed by atoms with van der Waals surface area (Å²) in [6, 6.07) is 3.86. The lowest BCUT2D eigenvalue weighted by atomic mass is 9.98. The number of piperidine rings is 1. The van der Waals surface area contributed by atoms with E-state index in [2.05, 4.69) is 19.9 Å². The Balaban J connectivity index is 1.59. The summed E-state index contributed by atoms with van der Waals surface area (Å²) in [4.78, 5) is 22.8. The van der Waals surface area contributed by atoms with Crippen LogP contribution in [0.15, 0.2) is 24.7 Å². The zero-order valence-corrected chi connectivity index (χ0v) is 13.4. The molecule has 1 atom stereocenters. The molecule has 124 valence electrons. The molecule has 0 saturated carbocycles. The van der Waals surface area contributed by atoms with Gasteiger partial charge >= 0.3 is 6.03 Å². The van der Waals surface area contributed by atoms with Gasteiger partial charge in [0.05, 0.1) is 12.9 Å². The molecular formula is C16H23N5O2. The number of fused-ring (bicyclic) bond motifs is 1. The number of hydrogen-bond acceptors (Lipinski definition) is 4. The Hall–Kier alpha value is -2.15. The highest BCUT2D eigenvalue weighted by Crippen LogP contribution is 2.20. The Morgan fingerprint density at radius 3 is 3.26 bits per heavy atom. The number of carbonyl (C=O) groups is 1. The van der Waals surface area contributed by atoms with Crippen LogP contribution in [-0.2, 0) is 11.3 Å². The van der Waals surface area contributed by atoms with E-state index in [0.29, 0.717) is 19.1 Å². The second-order valence-corrected chi connectivity index (χ2v) is 5.92. The first-order valence-electron chi connectivity index (χ1n) is 8.05. The van der Waals surface area contributed by atoms with Crippen LogP contribution < -0.4 is 5.32 Å². The molecule has 0 bridgehead atoms. The average molecular weight is 317 g/mol. The van der Waals surface area contributed by atoms with Gasteiger partial charge in [0.1, 0.15) is 5.52 Å². The van der Waals surface area contributed by atoms with Crippen molar-refractivity contribution in [1.82, 2.24) is 24.8 Å². The lowest BCUT2D eigenvalue weighted by Crippen LogP contribution is -2.46. The van der Waals surface area contributed by atoms with Crippen LogP contribution in [0, 0.1) is 5.92 Å². The second kappa shape index (κ2) is 7.41. The van der Waals surface area contributed by atoms with E-state index in [0.717, 1.165) is 43.6 Å². The van der Waals surface area contributed by atoms with Gasteiger partial charge in [0.15, 0.2) is 5.65 Å². The first kappa shape index (κ1) is 15.7. The second-order valence-electron chi connectivity index (χ2n) is 5.92. The van der Waals surface area contributed by atoms with Crippen molar-refractivity contribution < 1.29 is 9.53 Å². The van der Waals surface area contributed by atoms with Crippen LogP contribution in [0.4, 0.5) is 4.79 Å². The van der Waals surface area contributed by atoms with Gasteiger partial charge in [-0.1, -0.05) is 0 Å². The molecule has 0 aromatic carbocycles. The molecule has 1 aliphatic rings. The van der Waals surface area contributed by atoms with Gasteiger partial charge in [0.2, 0.25) is 0 Å². The Bertz CT molecular complexity index is 657.